The molecule has 1 N–H and O–H groups in total. The minimum Gasteiger partial charge on any atom is -0.465 e. The summed E-state index contributed by atoms with van der Waals surface area (Å²) < 4.78 is 5.09. The molecule has 1 unspecified atom stereocenters. The summed E-state index contributed by atoms with van der Waals surface area (Å²) in [6.45, 7) is 11.0. The van der Waals surface area contributed by atoms with Gasteiger partial charge in [-0.05, 0) is 33.7 Å². The molecule has 17 heavy (non-hydrogen) atoms. The highest BCUT2D eigenvalue weighted by atomic mass is 16.5. The van der Waals surface area contributed by atoms with Crippen molar-refractivity contribution < 1.29 is 14.6 Å². The van der Waals surface area contributed by atoms with Crippen molar-refractivity contribution in [1.29, 1.82) is 0 Å². The Hall–Kier alpha value is -0.610. The van der Waals surface area contributed by atoms with Crippen LogP contribution in [0.1, 0.15) is 47.5 Å². The largest absolute Gasteiger partial charge is 0.465 e. The maximum Gasteiger partial charge on any atom is 0.323 e. The van der Waals surface area contributed by atoms with E-state index in [4.69, 9.17) is 4.74 Å². The summed E-state index contributed by atoms with van der Waals surface area (Å²) in [5.74, 6) is -0.180. The van der Waals surface area contributed by atoms with Gasteiger partial charge in [-0.15, -0.1) is 0 Å². The molecular weight excluding hydrogens is 218 g/mol. The number of likely N-dealkylation sites (N-methyl/N-ethyl adjacent to an activating group) is 1. The van der Waals surface area contributed by atoms with Gasteiger partial charge in [-0.1, -0.05) is 20.3 Å². The van der Waals surface area contributed by atoms with E-state index in [2.05, 4.69) is 0 Å². The summed E-state index contributed by atoms with van der Waals surface area (Å²) in [4.78, 5) is 13.9. The minimum absolute atomic E-state index is 0.180. The lowest BCUT2D eigenvalue weighted by Crippen LogP contribution is -2.48. The third-order valence-corrected chi connectivity index (χ3v) is 2.56. The van der Waals surface area contributed by atoms with E-state index in [1.54, 1.807) is 13.8 Å². The van der Waals surface area contributed by atoms with E-state index in [9.17, 15) is 9.90 Å². The normalized spacial score (nSPS) is 13.8. The first kappa shape index (κ1) is 16.4. The van der Waals surface area contributed by atoms with Crippen LogP contribution in [0.15, 0.2) is 0 Å². The zero-order chi connectivity index (χ0) is 13.5. The van der Waals surface area contributed by atoms with Crippen molar-refractivity contribution in [2.45, 2.75) is 59.1 Å². The maximum absolute atomic E-state index is 11.9. The molecule has 0 fully saturated rings. The van der Waals surface area contributed by atoms with Crippen LogP contribution in [0, 0.1) is 0 Å². The first-order valence-electron chi connectivity index (χ1n) is 6.48. The van der Waals surface area contributed by atoms with Crippen molar-refractivity contribution in [2.24, 2.45) is 0 Å². The lowest BCUT2D eigenvalue weighted by atomic mass is 10.1. The Morgan fingerprint density at radius 3 is 2.29 bits per heavy atom. The van der Waals surface area contributed by atoms with Gasteiger partial charge in [0.25, 0.3) is 0 Å². The van der Waals surface area contributed by atoms with Crippen LogP contribution >= 0.6 is 0 Å². The fraction of sp³-hybridized carbons (Fsp3) is 0.923. The van der Waals surface area contributed by atoms with Crippen molar-refractivity contribution in [3.63, 3.8) is 0 Å². The summed E-state index contributed by atoms with van der Waals surface area (Å²) in [5, 5.41) is 9.85. The summed E-state index contributed by atoms with van der Waals surface area (Å²) in [6.07, 6.45) is 1.69. The Bertz CT molecular complexity index is 223. The van der Waals surface area contributed by atoms with Crippen molar-refractivity contribution in [1.82, 2.24) is 4.90 Å². The van der Waals surface area contributed by atoms with E-state index in [0.29, 0.717) is 13.2 Å². The topological polar surface area (TPSA) is 49.8 Å². The quantitative estimate of drug-likeness (QED) is 0.663. The molecule has 0 radical (unpaired) electrons. The number of aliphatic hydroxyl groups is 1. The number of nitrogens with zero attached hydrogens (tertiary/aromatic N) is 1. The van der Waals surface area contributed by atoms with Crippen LogP contribution in [0.3, 0.4) is 0 Å². The zero-order valence-electron chi connectivity index (χ0n) is 11.8. The number of hydrogen-bond donors (Lipinski definition) is 1. The third-order valence-electron chi connectivity index (χ3n) is 2.56. The van der Waals surface area contributed by atoms with Gasteiger partial charge in [0.2, 0.25) is 0 Å². The second kappa shape index (κ2) is 7.67. The van der Waals surface area contributed by atoms with Gasteiger partial charge in [-0.2, -0.15) is 0 Å². The highest BCUT2D eigenvalue weighted by Crippen LogP contribution is 2.13. The van der Waals surface area contributed by atoms with Crippen LogP contribution in [-0.2, 0) is 9.53 Å². The highest BCUT2D eigenvalue weighted by Gasteiger charge is 2.29. The Labute approximate surface area is 105 Å². The van der Waals surface area contributed by atoms with Crippen molar-refractivity contribution in [2.75, 3.05) is 19.7 Å². The fourth-order valence-corrected chi connectivity index (χ4v) is 1.90. The molecule has 0 aliphatic heterocycles. The van der Waals surface area contributed by atoms with Gasteiger partial charge in [-0.3, -0.25) is 9.69 Å². The van der Waals surface area contributed by atoms with Gasteiger partial charge in [0.1, 0.15) is 6.04 Å². The number of carbonyl (C=O) groups is 1. The van der Waals surface area contributed by atoms with Gasteiger partial charge in [0.15, 0.2) is 0 Å². The van der Waals surface area contributed by atoms with Crippen LogP contribution in [0.4, 0.5) is 0 Å². The van der Waals surface area contributed by atoms with E-state index in [-0.39, 0.29) is 12.0 Å². The average molecular weight is 245 g/mol. The number of hydrogen-bond acceptors (Lipinski definition) is 4. The molecule has 1 atom stereocenters. The van der Waals surface area contributed by atoms with Crippen molar-refractivity contribution in [3.05, 3.63) is 0 Å². The molecule has 0 aromatic carbocycles. The van der Waals surface area contributed by atoms with E-state index in [1.165, 1.54) is 0 Å². The smallest absolute Gasteiger partial charge is 0.323 e. The molecule has 4 heteroatoms. The van der Waals surface area contributed by atoms with Crippen LogP contribution in [0.5, 0.6) is 0 Å². The standard InChI is InChI=1S/C13H27NO3/c1-6-9-11(12(15)17-8-3)14(7-2)10-13(4,5)16/h11,16H,6-10H2,1-5H3. The second-order valence-electron chi connectivity index (χ2n) is 4.93. The van der Waals surface area contributed by atoms with Crippen LogP contribution in [0.2, 0.25) is 0 Å². The van der Waals surface area contributed by atoms with E-state index < -0.39 is 5.60 Å². The first-order valence-corrected chi connectivity index (χ1v) is 6.48. The van der Waals surface area contributed by atoms with Crippen molar-refractivity contribution >= 4 is 5.97 Å². The Balaban J connectivity index is 4.67. The number of esters is 1. The SMILES string of the molecule is CCCC(C(=O)OCC)N(CC)CC(C)(C)O. The minimum atomic E-state index is -0.797. The van der Waals surface area contributed by atoms with Gasteiger partial charge >= 0.3 is 5.97 Å². The summed E-state index contributed by atoms with van der Waals surface area (Å²) >= 11 is 0. The molecule has 0 aromatic heterocycles. The number of carbonyl (C=O) groups excluding carboxylic acids is 1. The molecule has 0 bridgehead atoms. The maximum atomic E-state index is 11.9. The van der Waals surface area contributed by atoms with E-state index in [1.807, 2.05) is 25.7 Å². The second-order valence-corrected chi connectivity index (χ2v) is 4.93. The molecule has 0 spiro atoms. The molecule has 0 aliphatic rings. The molecular formula is C13H27NO3. The predicted octanol–water partition coefficient (Wildman–Crippen LogP) is 1.81. The monoisotopic (exact) mass is 245 g/mol. The van der Waals surface area contributed by atoms with Crippen LogP contribution < -0.4 is 0 Å². The fourth-order valence-electron chi connectivity index (χ4n) is 1.90. The molecule has 102 valence electrons. The van der Waals surface area contributed by atoms with Crippen LogP contribution in [0.25, 0.3) is 0 Å². The summed E-state index contributed by atoms with van der Waals surface area (Å²) in [7, 11) is 0. The molecule has 0 aromatic rings. The van der Waals surface area contributed by atoms with Crippen LogP contribution in [-0.4, -0.2) is 47.3 Å². The summed E-state index contributed by atoms with van der Waals surface area (Å²) in [6, 6.07) is -0.239. The van der Waals surface area contributed by atoms with Crippen molar-refractivity contribution in [3.8, 4) is 0 Å². The Morgan fingerprint density at radius 2 is 1.94 bits per heavy atom. The van der Waals surface area contributed by atoms with Gasteiger partial charge in [-0.25, -0.2) is 0 Å². The molecule has 0 amide bonds. The van der Waals surface area contributed by atoms with E-state index in [0.717, 1.165) is 19.4 Å². The van der Waals surface area contributed by atoms with Gasteiger partial charge in [0, 0.05) is 6.54 Å². The van der Waals surface area contributed by atoms with Gasteiger partial charge in [0.05, 0.1) is 12.2 Å². The van der Waals surface area contributed by atoms with E-state index >= 15 is 0 Å². The highest BCUT2D eigenvalue weighted by molar-refractivity contribution is 5.75. The number of rotatable bonds is 8. The Kier molecular flexibility index (Phi) is 7.39. The lowest BCUT2D eigenvalue weighted by molar-refractivity contribution is -0.150. The molecule has 0 saturated heterocycles. The molecule has 4 nitrogen and oxygen atoms in total. The average Bonchev–Trinajstić information content (AvgIpc) is 2.22. The zero-order valence-corrected chi connectivity index (χ0v) is 11.8. The lowest BCUT2D eigenvalue weighted by Gasteiger charge is -2.33. The molecule has 0 heterocycles. The third kappa shape index (κ3) is 6.64. The Morgan fingerprint density at radius 1 is 1.35 bits per heavy atom. The predicted molar refractivity (Wildman–Crippen MR) is 68.9 cm³/mol. The van der Waals surface area contributed by atoms with Gasteiger partial charge < -0.3 is 9.84 Å². The summed E-state index contributed by atoms with van der Waals surface area (Å²) in [5.41, 5.74) is -0.797. The molecule has 0 saturated carbocycles. The molecule has 0 aliphatic carbocycles. The molecule has 0 rings (SSSR count). The number of ether oxygens (including phenoxy) is 1. The first-order chi connectivity index (χ1) is 7.85.